The summed E-state index contributed by atoms with van der Waals surface area (Å²) in [5, 5.41) is 2.93. The zero-order valence-electron chi connectivity index (χ0n) is 11.5. The van der Waals surface area contributed by atoms with Gasteiger partial charge in [-0.05, 0) is 38.5 Å². The second-order valence-corrected chi connectivity index (χ2v) is 4.72. The van der Waals surface area contributed by atoms with Crippen LogP contribution >= 0.6 is 0 Å². The van der Waals surface area contributed by atoms with Crippen molar-refractivity contribution in [3.8, 4) is 0 Å². The number of amides is 1. The zero-order valence-corrected chi connectivity index (χ0v) is 11.5. The first-order valence-corrected chi connectivity index (χ1v) is 6.35. The molecular formula is C15H19N3O. The first kappa shape index (κ1) is 13.2. The van der Waals surface area contributed by atoms with Gasteiger partial charge in [-0.25, -0.2) is 0 Å². The van der Waals surface area contributed by atoms with Crippen molar-refractivity contribution in [2.75, 3.05) is 11.1 Å². The molecule has 0 saturated heterocycles. The molecule has 0 radical (unpaired) electrons. The van der Waals surface area contributed by atoms with Crippen molar-refractivity contribution < 1.29 is 4.79 Å². The first-order chi connectivity index (χ1) is 9.01. The molecule has 1 aromatic heterocycles. The van der Waals surface area contributed by atoms with E-state index in [9.17, 15) is 4.79 Å². The molecule has 3 N–H and O–H groups in total. The highest BCUT2D eigenvalue weighted by atomic mass is 16.1. The number of carbonyl (C=O) groups is 1. The molecule has 0 saturated carbocycles. The molecule has 1 amide bonds. The van der Waals surface area contributed by atoms with Gasteiger partial charge in [0.05, 0.1) is 5.69 Å². The Morgan fingerprint density at radius 2 is 2.05 bits per heavy atom. The van der Waals surface area contributed by atoms with E-state index in [-0.39, 0.29) is 5.91 Å². The first-order valence-electron chi connectivity index (χ1n) is 6.35. The van der Waals surface area contributed by atoms with Crippen LogP contribution in [0.15, 0.2) is 30.5 Å². The van der Waals surface area contributed by atoms with E-state index < -0.39 is 0 Å². The monoisotopic (exact) mass is 257 g/mol. The van der Waals surface area contributed by atoms with Gasteiger partial charge in [-0.3, -0.25) is 4.79 Å². The lowest BCUT2D eigenvalue weighted by molar-refractivity contribution is 0.101. The third-order valence-corrected chi connectivity index (χ3v) is 3.12. The summed E-state index contributed by atoms with van der Waals surface area (Å²) in [5.74, 6) is -0.134. The molecule has 2 rings (SSSR count). The third kappa shape index (κ3) is 2.78. The topological polar surface area (TPSA) is 60.0 Å². The summed E-state index contributed by atoms with van der Waals surface area (Å²) in [5.41, 5.74) is 9.98. The average Bonchev–Trinajstić information content (AvgIpc) is 2.74. The van der Waals surface area contributed by atoms with E-state index in [1.807, 2.05) is 43.5 Å². The number of hydrogen-bond acceptors (Lipinski definition) is 2. The lowest BCUT2D eigenvalue weighted by Crippen LogP contribution is -2.17. The van der Waals surface area contributed by atoms with Gasteiger partial charge in [0.15, 0.2) is 0 Å². The number of rotatable bonds is 3. The molecule has 4 nitrogen and oxygen atoms in total. The van der Waals surface area contributed by atoms with Crippen molar-refractivity contribution in [3.05, 3.63) is 47.3 Å². The number of carbonyl (C=O) groups excluding carboxylic acids is 1. The zero-order chi connectivity index (χ0) is 14.0. The highest BCUT2D eigenvalue weighted by Crippen LogP contribution is 2.18. The SMILES string of the molecule is CCn1cc(N)cc1C(=O)Nc1ccc(C)cc1C. The van der Waals surface area contributed by atoms with E-state index >= 15 is 0 Å². The molecule has 0 fully saturated rings. The fourth-order valence-electron chi connectivity index (χ4n) is 2.13. The van der Waals surface area contributed by atoms with E-state index in [0.29, 0.717) is 17.9 Å². The summed E-state index contributed by atoms with van der Waals surface area (Å²) in [6.07, 6.45) is 1.77. The van der Waals surface area contributed by atoms with Gasteiger partial charge in [0.25, 0.3) is 5.91 Å². The summed E-state index contributed by atoms with van der Waals surface area (Å²) in [4.78, 5) is 12.3. The van der Waals surface area contributed by atoms with E-state index in [1.54, 1.807) is 12.3 Å². The number of benzene rings is 1. The number of aryl methyl sites for hydroxylation is 3. The summed E-state index contributed by atoms with van der Waals surface area (Å²) in [6.45, 7) is 6.71. The van der Waals surface area contributed by atoms with Crippen molar-refractivity contribution in [2.45, 2.75) is 27.3 Å². The summed E-state index contributed by atoms with van der Waals surface area (Å²) in [7, 11) is 0. The molecule has 0 aliphatic carbocycles. The van der Waals surface area contributed by atoms with E-state index in [2.05, 4.69) is 5.32 Å². The van der Waals surface area contributed by atoms with Crippen molar-refractivity contribution in [2.24, 2.45) is 0 Å². The normalized spacial score (nSPS) is 10.5. The van der Waals surface area contributed by atoms with E-state index in [0.717, 1.165) is 11.3 Å². The molecule has 0 spiro atoms. The number of nitrogens with zero attached hydrogens (tertiary/aromatic N) is 1. The van der Waals surface area contributed by atoms with Crippen LogP contribution < -0.4 is 11.1 Å². The smallest absolute Gasteiger partial charge is 0.272 e. The standard InChI is InChI=1S/C15H19N3O/c1-4-18-9-12(16)8-14(18)15(19)17-13-6-5-10(2)7-11(13)3/h5-9H,4,16H2,1-3H3,(H,17,19). The third-order valence-electron chi connectivity index (χ3n) is 3.12. The Morgan fingerprint density at radius 1 is 1.32 bits per heavy atom. The number of nitrogens with one attached hydrogen (secondary N) is 1. The molecular weight excluding hydrogens is 238 g/mol. The fourth-order valence-corrected chi connectivity index (χ4v) is 2.13. The van der Waals surface area contributed by atoms with Crippen LogP contribution in [-0.2, 0) is 6.54 Å². The minimum Gasteiger partial charge on any atom is -0.397 e. The van der Waals surface area contributed by atoms with Crippen molar-refractivity contribution >= 4 is 17.3 Å². The van der Waals surface area contributed by atoms with E-state index in [4.69, 9.17) is 5.73 Å². The Morgan fingerprint density at radius 3 is 2.68 bits per heavy atom. The molecule has 0 atom stereocenters. The molecule has 0 aliphatic heterocycles. The molecule has 0 bridgehead atoms. The van der Waals surface area contributed by atoms with E-state index in [1.165, 1.54) is 5.56 Å². The lowest BCUT2D eigenvalue weighted by atomic mass is 10.1. The highest BCUT2D eigenvalue weighted by Gasteiger charge is 2.13. The average molecular weight is 257 g/mol. The van der Waals surface area contributed by atoms with Crippen LogP contribution in [0.4, 0.5) is 11.4 Å². The van der Waals surface area contributed by atoms with Crippen LogP contribution in [0.5, 0.6) is 0 Å². The predicted molar refractivity (Wildman–Crippen MR) is 78.4 cm³/mol. The maximum absolute atomic E-state index is 12.3. The molecule has 0 aliphatic rings. The molecule has 100 valence electrons. The highest BCUT2D eigenvalue weighted by molar-refractivity contribution is 6.04. The number of nitrogens with two attached hydrogens (primary N) is 1. The van der Waals surface area contributed by atoms with Gasteiger partial charge in [-0.2, -0.15) is 0 Å². The molecule has 1 heterocycles. The maximum atomic E-state index is 12.3. The summed E-state index contributed by atoms with van der Waals surface area (Å²) < 4.78 is 1.84. The summed E-state index contributed by atoms with van der Waals surface area (Å²) >= 11 is 0. The largest absolute Gasteiger partial charge is 0.397 e. The van der Waals surface area contributed by atoms with Crippen LogP contribution in [0.2, 0.25) is 0 Å². The van der Waals surface area contributed by atoms with Crippen LogP contribution in [0.3, 0.4) is 0 Å². The Labute approximate surface area is 113 Å². The van der Waals surface area contributed by atoms with Gasteiger partial charge in [-0.15, -0.1) is 0 Å². The van der Waals surface area contributed by atoms with Gasteiger partial charge in [-0.1, -0.05) is 17.7 Å². The minimum absolute atomic E-state index is 0.134. The van der Waals surface area contributed by atoms with Crippen LogP contribution in [0.25, 0.3) is 0 Å². The van der Waals surface area contributed by atoms with Gasteiger partial charge in [0.1, 0.15) is 5.69 Å². The summed E-state index contributed by atoms with van der Waals surface area (Å²) in [6, 6.07) is 7.65. The van der Waals surface area contributed by atoms with Crippen molar-refractivity contribution in [3.63, 3.8) is 0 Å². The molecule has 0 unspecified atom stereocenters. The quantitative estimate of drug-likeness (QED) is 0.888. The van der Waals surface area contributed by atoms with Crippen molar-refractivity contribution in [1.82, 2.24) is 4.57 Å². The molecule has 4 heteroatoms. The van der Waals surface area contributed by atoms with Crippen LogP contribution in [-0.4, -0.2) is 10.5 Å². The Balaban J connectivity index is 2.25. The number of nitrogen functional groups attached to an aromatic ring is 1. The predicted octanol–water partition coefficient (Wildman–Crippen LogP) is 2.96. The van der Waals surface area contributed by atoms with Crippen LogP contribution in [0.1, 0.15) is 28.5 Å². The van der Waals surface area contributed by atoms with Gasteiger partial charge < -0.3 is 15.6 Å². The minimum atomic E-state index is -0.134. The number of hydrogen-bond donors (Lipinski definition) is 2. The van der Waals surface area contributed by atoms with Gasteiger partial charge >= 0.3 is 0 Å². The van der Waals surface area contributed by atoms with Gasteiger partial charge in [0, 0.05) is 18.4 Å². The van der Waals surface area contributed by atoms with Gasteiger partial charge in [0.2, 0.25) is 0 Å². The number of anilines is 2. The molecule has 1 aromatic carbocycles. The maximum Gasteiger partial charge on any atom is 0.272 e. The molecule has 2 aromatic rings. The molecule has 19 heavy (non-hydrogen) atoms. The Bertz CT molecular complexity index is 614. The Hall–Kier alpha value is -2.23. The lowest BCUT2D eigenvalue weighted by Gasteiger charge is -2.10. The Kier molecular flexibility index (Phi) is 3.60. The fraction of sp³-hybridized carbons (Fsp3) is 0.267. The second-order valence-electron chi connectivity index (χ2n) is 4.72. The number of aromatic nitrogens is 1. The van der Waals surface area contributed by atoms with Crippen molar-refractivity contribution in [1.29, 1.82) is 0 Å². The van der Waals surface area contributed by atoms with Crippen LogP contribution in [0, 0.1) is 13.8 Å². The second kappa shape index (κ2) is 5.18.